The van der Waals surface area contributed by atoms with Gasteiger partial charge in [-0.1, -0.05) is 0 Å². The van der Waals surface area contributed by atoms with Crippen LogP contribution in [0.25, 0.3) is 17.1 Å². The summed E-state index contributed by atoms with van der Waals surface area (Å²) in [6.07, 6.45) is 0. The van der Waals surface area contributed by atoms with Crippen molar-refractivity contribution in [3.8, 4) is 17.1 Å². The molecule has 0 saturated carbocycles. The van der Waals surface area contributed by atoms with Crippen molar-refractivity contribution >= 4 is 17.0 Å². The molecule has 0 atom stereocenters. The predicted molar refractivity (Wildman–Crippen MR) is 66.8 cm³/mol. The van der Waals surface area contributed by atoms with E-state index in [-0.39, 0.29) is 5.82 Å². The minimum Gasteiger partial charge on any atom is -0.398 e. The summed E-state index contributed by atoms with van der Waals surface area (Å²) in [6, 6.07) is 6.05. The third kappa shape index (κ3) is 1.74. The Balaban J connectivity index is 2.16. The van der Waals surface area contributed by atoms with Crippen molar-refractivity contribution < 1.29 is 4.39 Å². The number of hydrogen-bond donors (Lipinski definition) is 1. The molecule has 0 fully saturated rings. The highest BCUT2D eigenvalue weighted by Crippen LogP contribution is 2.26. The van der Waals surface area contributed by atoms with Gasteiger partial charge in [-0.15, -0.1) is 5.10 Å². The summed E-state index contributed by atoms with van der Waals surface area (Å²) in [4.78, 5) is 0. The Morgan fingerprint density at radius 2 is 2.17 bits per heavy atom. The minimum atomic E-state index is -0.384. The molecule has 0 radical (unpaired) electrons. The number of nitrogen functional groups attached to an aromatic ring is 1. The average Bonchev–Trinajstić information content (AvgIpc) is 2.98. The molecule has 1 aromatic carbocycles. The Morgan fingerprint density at radius 3 is 2.89 bits per heavy atom. The van der Waals surface area contributed by atoms with Crippen LogP contribution in [0.4, 0.5) is 10.1 Å². The normalized spacial score (nSPS) is 10.7. The summed E-state index contributed by atoms with van der Waals surface area (Å²) in [5, 5.41) is 15.3. The zero-order chi connectivity index (χ0) is 12.5. The molecule has 2 aromatic heterocycles. The van der Waals surface area contributed by atoms with Crippen LogP contribution in [0, 0.1) is 5.82 Å². The molecule has 2 N–H and O–H groups in total. The largest absolute Gasteiger partial charge is 0.398 e. The van der Waals surface area contributed by atoms with Gasteiger partial charge in [-0.05, 0) is 40.1 Å². The summed E-state index contributed by atoms with van der Waals surface area (Å²) >= 11 is 1.54. The molecule has 0 aliphatic rings. The van der Waals surface area contributed by atoms with Gasteiger partial charge in [-0.25, -0.2) is 4.39 Å². The highest BCUT2D eigenvalue weighted by Gasteiger charge is 2.13. The Bertz CT molecular complexity index is 677. The van der Waals surface area contributed by atoms with Crippen molar-refractivity contribution in [1.29, 1.82) is 0 Å². The van der Waals surface area contributed by atoms with Gasteiger partial charge in [-0.2, -0.15) is 16.0 Å². The molecule has 0 amide bonds. The lowest BCUT2D eigenvalue weighted by Crippen LogP contribution is -2.00. The summed E-state index contributed by atoms with van der Waals surface area (Å²) in [6.45, 7) is 0. The molecule has 3 aromatic rings. The van der Waals surface area contributed by atoms with E-state index in [0.29, 0.717) is 17.1 Å². The fraction of sp³-hybridized carbons (Fsp3) is 0. The van der Waals surface area contributed by atoms with Crippen LogP contribution in [0.2, 0.25) is 0 Å². The van der Waals surface area contributed by atoms with Crippen LogP contribution in [0.3, 0.4) is 0 Å². The average molecular weight is 261 g/mol. The topological polar surface area (TPSA) is 69.6 Å². The van der Waals surface area contributed by atoms with Gasteiger partial charge in [0.1, 0.15) is 5.82 Å². The number of benzene rings is 1. The fourth-order valence-corrected chi connectivity index (χ4v) is 2.26. The lowest BCUT2D eigenvalue weighted by Gasteiger charge is -2.05. The first kappa shape index (κ1) is 10.8. The molecule has 18 heavy (non-hydrogen) atoms. The Morgan fingerprint density at radius 1 is 1.28 bits per heavy atom. The monoisotopic (exact) mass is 261 g/mol. The van der Waals surface area contributed by atoms with Gasteiger partial charge in [0.25, 0.3) is 0 Å². The lowest BCUT2D eigenvalue weighted by atomic mass is 10.1. The van der Waals surface area contributed by atoms with E-state index in [9.17, 15) is 4.39 Å². The van der Waals surface area contributed by atoms with E-state index in [2.05, 4.69) is 15.5 Å². The molecular weight excluding hydrogens is 253 g/mol. The standard InChI is InChI=1S/C11H8FN5S/c12-7-1-2-9(10(13)5-7)11-14-15-16-17(11)8-3-4-18-6-8/h1-6H,13H2. The van der Waals surface area contributed by atoms with E-state index >= 15 is 0 Å². The highest BCUT2D eigenvalue weighted by atomic mass is 32.1. The summed E-state index contributed by atoms with van der Waals surface area (Å²) in [7, 11) is 0. The maximum absolute atomic E-state index is 13.0. The zero-order valence-electron chi connectivity index (χ0n) is 9.12. The second-order valence-corrected chi connectivity index (χ2v) is 4.41. The molecule has 7 heteroatoms. The van der Waals surface area contributed by atoms with Gasteiger partial charge >= 0.3 is 0 Å². The van der Waals surface area contributed by atoms with Gasteiger partial charge in [-0.3, -0.25) is 0 Å². The molecular formula is C11H8FN5S. The first-order chi connectivity index (χ1) is 8.75. The predicted octanol–water partition coefficient (Wildman–Crippen LogP) is 2.11. The van der Waals surface area contributed by atoms with Crippen LogP contribution >= 0.6 is 11.3 Å². The number of nitrogens with zero attached hydrogens (tertiary/aromatic N) is 4. The third-order valence-corrected chi connectivity index (χ3v) is 3.15. The van der Waals surface area contributed by atoms with E-state index in [1.54, 1.807) is 22.1 Å². The molecule has 0 saturated heterocycles. The molecule has 0 spiro atoms. The molecule has 90 valence electrons. The maximum atomic E-state index is 13.0. The smallest absolute Gasteiger partial charge is 0.189 e. The van der Waals surface area contributed by atoms with Gasteiger partial charge in [0.05, 0.1) is 5.69 Å². The van der Waals surface area contributed by atoms with Crippen LogP contribution in [0.5, 0.6) is 0 Å². The molecule has 0 aliphatic carbocycles. The van der Waals surface area contributed by atoms with Gasteiger partial charge in [0, 0.05) is 16.6 Å². The van der Waals surface area contributed by atoms with E-state index in [1.165, 1.54) is 12.1 Å². The molecule has 0 aliphatic heterocycles. The van der Waals surface area contributed by atoms with Crippen molar-refractivity contribution in [1.82, 2.24) is 20.2 Å². The van der Waals surface area contributed by atoms with E-state index < -0.39 is 0 Å². The van der Waals surface area contributed by atoms with Crippen molar-refractivity contribution in [2.45, 2.75) is 0 Å². The quantitative estimate of drug-likeness (QED) is 0.717. The Kier molecular flexibility index (Phi) is 2.52. The van der Waals surface area contributed by atoms with E-state index in [4.69, 9.17) is 5.73 Å². The number of thiophene rings is 1. The first-order valence-corrected chi connectivity index (χ1v) is 6.06. The SMILES string of the molecule is Nc1cc(F)ccc1-c1nnnn1-c1ccsc1. The highest BCUT2D eigenvalue weighted by molar-refractivity contribution is 7.08. The van der Waals surface area contributed by atoms with Crippen molar-refractivity contribution in [2.75, 3.05) is 5.73 Å². The Labute approximate surface area is 106 Å². The number of tetrazole rings is 1. The Hall–Kier alpha value is -2.28. The van der Waals surface area contributed by atoms with Gasteiger partial charge in [0.2, 0.25) is 0 Å². The van der Waals surface area contributed by atoms with Gasteiger partial charge < -0.3 is 5.73 Å². The summed E-state index contributed by atoms with van der Waals surface area (Å²) in [5.41, 5.74) is 7.55. The van der Waals surface area contributed by atoms with Crippen molar-refractivity contribution in [2.24, 2.45) is 0 Å². The van der Waals surface area contributed by atoms with E-state index in [0.717, 1.165) is 5.69 Å². The van der Waals surface area contributed by atoms with Crippen LogP contribution in [-0.2, 0) is 0 Å². The molecule has 2 heterocycles. The molecule has 0 bridgehead atoms. The van der Waals surface area contributed by atoms with Crippen LogP contribution < -0.4 is 5.73 Å². The second kappa shape index (κ2) is 4.19. The summed E-state index contributed by atoms with van der Waals surface area (Å²) < 4.78 is 14.6. The number of rotatable bonds is 2. The van der Waals surface area contributed by atoms with Crippen molar-refractivity contribution in [3.05, 3.63) is 40.8 Å². The van der Waals surface area contributed by atoms with Gasteiger partial charge in [0.15, 0.2) is 5.82 Å². The third-order valence-electron chi connectivity index (χ3n) is 2.47. The number of hydrogen-bond acceptors (Lipinski definition) is 5. The lowest BCUT2D eigenvalue weighted by molar-refractivity contribution is 0.628. The maximum Gasteiger partial charge on any atom is 0.189 e. The molecule has 0 unspecified atom stereocenters. The van der Waals surface area contributed by atoms with Crippen LogP contribution in [0.15, 0.2) is 35.0 Å². The molecule has 3 rings (SSSR count). The van der Waals surface area contributed by atoms with E-state index in [1.807, 2.05) is 16.8 Å². The number of aromatic nitrogens is 4. The van der Waals surface area contributed by atoms with Crippen LogP contribution in [-0.4, -0.2) is 20.2 Å². The number of halogens is 1. The minimum absolute atomic E-state index is 0.307. The zero-order valence-corrected chi connectivity index (χ0v) is 9.93. The second-order valence-electron chi connectivity index (χ2n) is 3.63. The van der Waals surface area contributed by atoms with Crippen molar-refractivity contribution in [3.63, 3.8) is 0 Å². The van der Waals surface area contributed by atoms with Crippen LogP contribution in [0.1, 0.15) is 0 Å². The number of anilines is 1. The summed E-state index contributed by atoms with van der Waals surface area (Å²) in [5.74, 6) is 0.108. The number of nitrogens with two attached hydrogens (primary N) is 1. The molecule has 5 nitrogen and oxygen atoms in total. The first-order valence-electron chi connectivity index (χ1n) is 5.12. The fourth-order valence-electron chi connectivity index (χ4n) is 1.64.